The van der Waals surface area contributed by atoms with Crippen LogP contribution in [-0.2, 0) is 45.4 Å². The van der Waals surface area contributed by atoms with E-state index in [1.165, 1.54) is 0 Å². The second kappa shape index (κ2) is 20.5. The van der Waals surface area contributed by atoms with E-state index in [2.05, 4.69) is 0 Å². The predicted octanol–water partition coefficient (Wildman–Crippen LogP) is 8.49. The number of aliphatic hydroxyl groups excluding tert-OH is 4. The second-order valence-electron chi connectivity index (χ2n) is 7.56. The van der Waals surface area contributed by atoms with E-state index in [4.69, 9.17) is 20.4 Å². The molecule has 0 spiro atoms. The van der Waals surface area contributed by atoms with Crippen molar-refractivity contribution in [3.63, 3.8) is 0 Å². The second-order valence-corrected chi connectivity index (χ2v) is 7.56. The molecule has 53 heavy (non-hydrogen) atoms. The fourth-order valence-electron chi connectivity index (χ4n) is 1.15. The zero-order valence-corrected chi connectivity index (χ0v) is 25.8. The Morgan fingerprint density at radius 2 is 0.358 bits per heavy atom. The molecule has 0 aliphatic carbocycles. The zero-order valence-electron chi connectivity index (χ0n) is 23.3. The predicted molar refractivity (Wildman–Crippen MR) is 111 cm³/mol. The quantitative estimate of drug-likeness (QED) is 0.125. The van der Waals surface area contributed by atoms with Gasteiger partial charge in [0.05, 0.1) is 0 Å². The molecule has 0 bridgehead atoms. The first-order valence-electron chi connectivity index (χ1n) is 10.6. The van der Waals surface area contributed by atoms with Crippen LogP contribution >= 0.6 is 0 Å². The van der Waals surface area contributed by atoms with Crippen LogP contribution in [-0.4, -0.2) is 93.0 Å². The average molecular weight is 923 g/mol. The van der Waals surface area contributed by atoms with Gasteiger partial charge in [0.1, 0.15) is 0 Å². The molecule has 0 saturated heterocycles. The van der Waals surface area contributed by atoms with Crippen molar-refractivity contribution >= 4 is 23.1 Å². The van der Waals surface area contributed by atoms with Gasteiger partial charge >= 0.3 is 49.4 Å². The van der Waals surface area contributed by atoms with Crippen LogP contribution in [0, 0.1) is 0 Å². The van der Waals surface area contributed by atoms with Crippen molar-refractivity contribution in [2.75, 3.05) is 0 Å². The van der Waals surface area contributed by atoms with Crippen molar-refractivity contribution in [1.29, 1.82) is 0 Å². The Morgan fingerprint density at radius 3 is 0.415 bits per heavy atom. The fourth-order valence-corrected chi connectivity index (χ4v) is 1.15. The number of allylic oxidation sites excluding steroid dienone is 8. The summed E-state index contributed by atoms with van der Waals surface area (Å²) in [4.78, 5) is 39.4. The minimum atomic E-state index is -5.42. The molecule has 0 saturated carbocycles. The van der Waals surface area contributed by atoms with Crippen molar-refractivity contribution in [2.24, 2.45) is 0 Å². The molecule has 4 N–H and O–H groups in total. The van der Waals surface area contributed by atoms with Crippen LogP contribution in [0.2, 0.25) is 0 Å². The molecule has 0 radical (unpaired) electrons. The van der Waals surface area contributed by atoms with Crippen LogP contribution in [0.5, 0.6) is 0 Å². The largest absolute Gasteiger partial charge is 0.504 e. The number of aliphatic hydroxyl groups is 4. The molecule has 0 aromatic heterocycles. The monoisotopic (exact) mass is 922 g/mol. The van der Waals surface area contributed by atoms with Crippen molar-refractivity contribution < 1.29 is 171 Å². The van der Waals surface area contributed by atoms with Gasteiger partial charge in [-0.05, 0) is 0 Å². The SMILES string of the molecule is O=C(/C=C(/O)C(F)(F)F)C(F)(F)F.O=C(/C=C(/O)C(F)(F)F)C(F)(F)F.O=C(/C=C(/O)C(F)(F)F)C(F)(F)F.O=C(/C=C(/O)C(F)(F)F)C(F)(F)F.[Zr]. The maximum Gasteiger partial charge on any atom is 0.454 e. The number of hydrogen-bond acceptors (Lipinski definition) is 8. The number of carbonyl (C=O) groups is 4. The summed E-state index contributed by atoms with van der Waals surface area (Å²) in [6.45, 7) is 0. The minimum absolute atomic E-state index is 0. The van der Waals surface area contributed by atoms with Gasteiger partial charge < -0.3 is 20.4 Å². The smallest absolute Gasteiger partial charge is 0.454 e. The number of ketones is 4. The Labute approximate surface area is 291 Å². The first-order valence-corrected chi connectivity index (χ1v) is 10.6. The molecule has 33 heteroatoms. The summed E-state index contributed by atoms with van der Waals surface area (Å²) in [5.74, 6) is -21.3. The molecular weight excluding hydrogens is 915 g/mol. The first kappa shape index (κ1) is 58.4. The molecule has 0 fully saturated rings. The molecule has 0 atom stereocenters. The van der Waals surface area contributed by atoms with E-state index in [0.717, 1.165) is 0 Å². The Morgan fingerprint density at radius 1 is 0.264 bits per heavy atom. The van der Waals surface area contributed by atoms with Crippen LogP contribution in [0.1, 0.15) is 0 Å². The zero-order chi connectivity index (χ0) is 43.4. The summed E-state index contributed by atoms with van der Waals surface area (Å²) in [6, 6.07) is 0. The molecule has 0 heterocycles. The maximum atomic E-state index is 11.4. The van der Waals surface area contributed by atoms with Crippen LogP contribution in [0.25, 0.3) is 0 Å². The third-order valence-electron chi connectivity index (χ3n) is 3.35. The summed E-state index contributed by atoms with van der Waals surface area (Å²) >= 11 is 0. The van der Waals surface area contributed by atoms with E-state index in [9.17, 15) is 125 Å². The van der Waals surface area contributed by atoms with Gasteiger partial charge in [0.2, 0.25) is 23.0 Å². The Bertz CT molecular complexity index is 1150. The molecule has 308 valence electrons. The van der Waals surface area contributed by atoms with Crippen LogP contribution in [0.4, 0.5) is 105 Å². The van der Waals surface area contributed by atoms with E-state index in [1.54, 1.807) is 0 Å². The normalized spacial score (nSPS) is 14.2. The fraction of sp³-hybridized carbons (Fsp3) is 0.400. The number of carbonyl (C=O) groups excluding carboxylic acids is 4. The summed E-state index contributed by atoms with van der Waals surface area (Å²) in [5.41, 5.74) is 0. The van der Waals surface area contributed by atoms with Crippen LogP contribution in [0.3, 0.4) is 0 Å². The Balaban J connectivity index is -0.000000192. The standard InChI is InChI=1S/4C5H2F6O2.Zr/c4*6-4(7,8)2(12)1-3(13)5(9,10)11;/h4*1,12H;/b4*2-1+;. The van der Waals surface area contributed by atoms with Crippen molar-refractivity contribution in [3.8, 4) is 0 Å². The minimum Gasteiger partial charge on any atom is -0.504 e. The summed E-state index contributed by atoms with van der Waals surface area (Å²) < 4.78 is 272. The number of halogens is 24. The molecule has 8 nitrogen and oxygen atoms in total. The van der Waals surface area contributed by atoms with Gasteiger partial charge in [-0.15, -0.1) is 0 Å². The molecule has 0 rings (SSSR count). The van der Waals surface area contributed by atoms with E-state index >= 15 is 0 Å². The summed E-state index contributed by atoms with van der Waals surface area (Å²) in [5, 5.41) is 31.7. The van der Waals surface area contributed by atoms with Gasteiger partial charge in [0, 0.05) is 50.5 Å². The third kappa shape index (κ3) is 28.3. The topological polar surface area (TPSA) is 149 Å². The Hall–Kier alpha value is -3.96. The summed E-state index contributed by atoms with van der Waals surface area (Å²) in [6.07, 6.45) is -46.7. The van der Waals surface area contributed by atoms with Crippen molar-refractivity contribution in [2.45, 2.75) is 49.4 Å². The van der Waals surface area contributed by atoms with Gasteiger partial charge in [-0.3, -0.25) is 19.2 Å². The van der Waals surface area contributed by atoms with Gasteiger partial charge in [-0.25, -0.2) is 0 Å². The first-order chi connectivity index (χ1) is 22.2. The number of rotatable bonds is 4. The average Bonchev–Trinajstić information content (AvgIpc) is 2.85. The van der Waals surface area contributed by atoms with E-state index < -0.39 is 120 Å². The number of alkyl halides is 24. The van der Waals surface area contributed by atoms with Crippen molar-refractivity contribution in [3.05, 3.63) is 47.3 Å². The molecule has 0 aromatic rings. The van der Waals surface area contributed by atoms with Gasteiger partial charge in [0.25, 0.3) is 23.1 Å². The van der Waals surface area contributed by atoms with Gasteiger partial charge in [0.15, 0.2) is 0 Å². The van der Waals surface area contributed by atoms with Crippen LogP contribution < -0.4 is 0 Å². The molecule has 0 amide bonds. The van der Waals surface area contributed by atoms with E-state index in [-0.39, 0.29) is 26.2 Å². The van der Waals surface area contributed by atoms with Gasteiger partial charge in [-0.2, -0.15) is 105 Å². The molecule has 0 aliphatic heterocycles. The van der Waals surface area contributed by atoms with Gasteiger partial charge in [-0.1, -0.05) is 0 Å². The molecule has 0 aliphatic rings. The molecule has 0 aromatic carbocycles. The third-order valence-corrected chi connectivity index (χ3v) is 3.35. The van der Waals surface area contributed by atoms with Crippen LogP contribution in [0.15, 0.2) is 47.3 Å². The maximum absolute atomic E-state index is 11.4. The molecular formula is C20H8F24O8Zr. The molecule has 0 unspecified atom stereocenters. The number of hydrogen-bond donors (Lipinski definition) is 4. The summed E-state index contributed by atoms with van der Waals surface area (Å²) in [7, 11) is 0. The van der Waals surface area contributed by atoms with Crippen molar-refractivity contribution in [1.82, 2.24) is 0 Å². The Kier molecular flexibility index (Phi) is 22.6. The van der Waals surface area contributed by atoms with E-state index in [0.29, 0.717) is 0 Å². The van der Waals surface area contributed by atoms with E-state index in [1.807, 2.05) is 0 Å².